The molecule has 192 valence electrons. The molecule has 0 aliphatic carbocycles. The number of amides is 2. The number of nitrogens with zero attached hydrogens (tertiary/aromatic N) is 4. The number of aromatic nitrogens is 4. The van der Waals surface area contributed by atoms with E-state index in [1.807, 2.05) is 49.4 Å². The number of fused-ring (bicyclic) bond motifs is 1. The van der Waals surface area contributed by atoms with Gasteiger partial charge in [0.15, 0.2) is 5.65 Å². The summed E-state index contributed by atoms with van der Waals surface area (Å²) in [4.78, 5) is 47.6. The second-order valence-electron chi connectivity index (χ2n) is 9.83. The first kappa shape index (κ1) is 25.6. The number of aromatic amines is 1. The lowest BCUT2D eigenvalue weighted by Crippen LogP contribution is -2.38. The van der Waals surface area contributed by atoms with Crippen molar-refractivity contribution in [3.8, 4) is 0 Å². The van der Waals surface area contributed by atoms with Crippen molar-refractivity contribution in [3.63, 3.8) is 0 Å². The molecule has 10 heteroatoms. The van der Waals surface area contributed by atoms with Crippen LogP contribution in [0.4, 0.5) is 0 Å². The number of piperidine rings is 1. The van der Waals surface area contributed by atoms with E-state index < -0.39 is 0 Å². The molecule has 3 aromatic rings. The van der Waals surface area contributed by atoms with Gasteiger partial charge in [0.05, 0.1) is 17.1 Å². The van der Waals surface area contributed by atoms with E-state index in [1.165, 1.54) is 0 Å². The molecule has 0 bridgehead atoms. The van der Waals surface area contributed by atoms with E-state index in [0.717, 1.165) is 29.8 Å². The number of hydrogen-bond acceptors (Lipinski definition) is 6. The second kappa shape index (κ2) is 10.6. The molecule has 4 rings (SSSR count). The maximum absolute atomic E-state index is 13.4. The fraction of sp³-hybridized carbons (Fsp3) is 0.500. The highest BCUT2D eigenvalue weighted by atomic mass is 16.2. The van der Waals surface area contributed by atoms with Gasteiger partial charge in [-0.1, -0.05) is 0 Å². The smallest absolute Gasteiger partial charge is 0.253 e. The first-order valence-electron chi connectivity index (χ1n) is 12.5. The lowest BCUT2D eigenvalue weighted by molar-refractivity contribution is -0.132. The van der Waals surface area contributed by atoms with E-state index >= 15 is 0 Å². The number of rotatable bonds is 7. The Morgan fingerprint density at radius 1 is 1.22 bits per heavy atom. The van der Waals surface area contributed by atoms with Gasteiger partial charge in [-0.25, -0.2) is 9.67 Å². The van der Waals surface area contributed by atoms with Crippen molar-refractivity contribution in [1.82, 2.24) is 30.0 Å². The molecule has 10 nitrogen and oxygen atoms in total. The predicted molar refractivity (Wildman–Crippen MR) is 138 cm³/mol. The van der Waals surface area contributed by atoms with Crippen molar-refractivity contribution in [2.45, 2.75) is 65.5 Å². The molecule has 0 radical (unpaired) electrons. The van der Waals surface area contributed by atoms with Crippen molar-refractivity contribution in [3.05, 3.63) is 56.8 Å². The normalized spacial score (nSPS) is 14.6. The van der Waals surface area contributed by atoms with Gasteiger partial charge in [-0.2, -0.15) is 5.10 Å². The Labute approximate surface area is 210 Å². The highest BCUT2D eigenvalue weighted by Gasteiger charge is 2.27. The number of carbonyl (C=O) groups is 2. The molecular formula is C26H35N7O3. The molecule has 4 heterocycles. The molecular weight excluding hydrogens is 458 g/mol. The molecule has 1 aliphatic rings. The number of aryl methyl sites for hydroxylation is 2. The fourth-order valence-electron chi connectivity index (χ4n) is 4.88. The van der Waals surface area contributed by atoms with Gasteiger partial charge in [-0.15, -0.1) is 0 Å². The molecule has 1 fully saturated rings. The first-order valence-corrected chi connectivity index (χ1v) is 12.5. The predicted octanol–water partition coefficient (Wildman–Crippen LogP) is 2.30. The number of H-pyrrole nitrogens is 1. The molecule has 0 saturated carbocycles. The van der Waals surface area contributed by atoms with Gasteiger partial charge in [0.1, 0.15) is 0 Å². The number of nitrogens with two attached hydrogens (primary N) is 1. The SMILES string of the molecule is Cc1cc(C)c(CNC(=O)c2cc(C3CCN(C(=O)CCN)CC3)nc3c2cnn3C(C)C)c(=O)[nH]1. The van der Waals surface area contributed by atoms with Gasteiger partial charge in [0.25, 0.3) is 11.5 Å². The summed E-state index contributed by atoms with van der Waals surface area (Å²) >= 11 is 0. The summed E-state index contributed by atoms with van der Waals surface area (Å²) in [7, 11) is 0. The average Bonchev–Trinajstić information content (AvgIpc) is 3.27. The van der Waals surface area contributed by atoms with E-state index in [4.69, 9.17) is 10.7 Å². The molecule has 3 aromatic heterocycles. The van der Waals surface area contributed by atoms with Gasteiger partial charge in [0, 0.05) is 61.5 Å². The summed E-state index contributed by atoms with van der Waals surface area (Å²) in [6.07, 6.45) is 3.57. The van der Waals surface area contributed by atoms with Crippen LogP contribution in [-0.2, 0) is 11.3 Å². The summed E-state index contributed by atoms with van der Waals surface area (Å²) < 4.78 is 1.82. The first-order chi connectivity index (χ1) is 17.2. The van der Waals surface area contributed by atoms with Crippen LogP contribution in [-0.4, -0.2) is 56.1 Å². The van der Waals surface area contributed by atoms with Crippen LogP contribution in [0.1, 0.15) is 77.9 Å². The zero-order chi connectivity index (χ0) is 26.0. The molecule has 0 aromatic carbocycles. The Morgan fingerprint density at radius 2 is 1.94 bits per heavy atom. The Hall–Kier alpha value is -3.53. The van der Waals surface area contributed by atoms with E-state index in [0.29, 0.717) is 48.2 Å². The van der Waals surface area contributed by atoms with E-state index in [-0.39, 0.29) is 35.9 Å². The van der Waals surface area contributed by atoms with Crippen LogP contribution in [0.15, 0.2) is 23.1 Å². The highest BCUT2D eigenvalue weighted by molar-refractivity contribution is 6.05. The monoisotopic (exact) mass is 493 g/mol. The topological polar surface area (TPSA) is 139 Å². The van der Waals surface area contributed by atoms with E-state index in [2.05, 4.69) is 15.4 Å². The number of carbonyl (C=O) groups excluding carboxylic acids is 2. The number of pyridine rings is 2. The Kier molecular flexibility index (Phi) is 7.53. The van der Waals surface area contributed by atoms with Crippen molar-refractivity contribution in [2.75, 3.05) is 19.6 Å². The summed E-state index contributed by atoms with van der Waals surface area (Å²) in [5.74, 6) is -0.0684. The van der Waals surface area contributed by atoms with Crippen LogP contribution >= 0.6 is 0 Å². The van der Waals surface area contributed by atoms with Crippen LogP contribution in [0, 0.1) is 13.8 Å². The van der Waals surface area contributed by atoms with Crippen LogP contribution in [0.3, 0.4) is 0 Å². The Bertz CT molecular complexity index is 1330. The number of nitrogens with one attached hydrogen (secondary N) is 2. The van der Waals surface area contributed by atoms with Crippen molar-refractivity contribution in [2.24, 2.45) is 5.73 Å². The third kappa shape index (κ3) is 5.18. The molecule has 1 saturated heterocycles. The quantitative estimate of drug-likeness (QED) is 0.462. The minimum atomic E-state index is -0.276. The molecule has 36 heavy (non-hydrogen) atoms. The third-order valence-electron chi connectivity index (χ3n) is 6.86. The van der Waals surface area contributed by atoms with Crippen LogP contribution in [0.25, 0.3) is 11.0 Å². The van der Waals surface area contributed by atoms with Gasteiger partial charge < -0.3 is 20.9 Å². The van der Waals surface area contributed by atoms with Crippen LogP contribution in [0.2, 0.25) is 0 Å². The number of hydrogen-bond donors (Lipinski definition) is 3. The van der Waals surface area contributed by atoms with Crippen molar-refractivity contribution >= 4 is 22.8 Å². The van der Waals surface area contributed by atoms with Gasteiger partial charge >= 0.3 is 0 Å². The lowest BCUT2D eigenvalue weighted by Gasteiger charge is -2.32. The highest BCUT2D eigenvalue weighted by Crippen LogP contribution is 2.31. The summed E-state index contributed by atoms with van der Waals surface area (Å²) in [6, 6.07) is 3.81. The minimum absolute atomic E-state index is 0.0747. The summed E-state index contributed by atoms with van der Waals surface area (Å²) in [6.45, 7) is 9.50. The zero-order valence-corrected chi connectivity index (χ0v) is 21.4. The standard InChI is InChI=1S/C26H35N7O3/c1-15(2)33-24-21(14-29-33)19(25(35)28-13-20-16(3)11-17(4)30-26(20)36)12-22(31-24)18-6-9-32(10-7-18)23(34)5-8-27/h11-12,14-15,18H,5-10,13,27H2,1-4H3,(H,28,35)(H,30,36). The maximum Gasteiger partial charge on any atom is 0.253 e. The number of likely N-dealkylation sites (tertiary alicyclic amines) is 1. The van der Waals surface area contributed by atoms with Gasteiger partial charge in [-0.05, 0) is 58.2 Å². The molecule has 1 aliphatic heterocycles. The molecule has 0 atom stereocenters. The Morgan fingerprint density at radius 3 is 2.58 bits per heavy atom. The minimum Gasteiger partial charge on any atom is -0.348 e. The molecule has 2 amide bonds. The van der Waals surface area contributed by atoms with E-state index in [1.54, 1.807) is 6.20 Å². The molecule has 4 N–H and O–H groups in total. The molecule has 0 unspecified atom stereocenters. The van der Waals surface area contributed by atoms with Crippen molar-refractivity contribution < 1.29 is 9.59 Å². The maximum atomic E-state index is 13.4. The third-order valence-corrected chi connectivity index (χ3v) is 6.86. The summed E-state index contributed by atoms with van der Waals surface area (Å²) in [5, 5.41) is 8.09. The summed E-state index contributed by atoms with van der Waals surface area (Å²) in [5.41, 5.74) is 9.48. The van der Waals surface area contributed by atoms with Crippen molar-refractivity contribution in [1.29, 1.82) is 0 Å². The van der Waals surface area contributed by atoms with Crippen LogP contribution in [0.5, 0.6) is 0 Å². The average molecular weight is 494 g/mol. The van der Waals surface area contributed by atoms with Gasteiger partial charge in [0.2, 0.25) is 5.91 Å². The van der Waals surface area contributed by atoms with Crippen LogP contribution < -0.4 is 16.6 Å². The largest absolute Gasteiger partial charge is 0.348 e. The lowest BCUT2D eigenvalue weighted by atomic mass is 9.91. The van der Waals surface area contributed by atoms with Gasteiger partial charge in [-0.3, -0.25) is 14.4 Å². The molecule has 0 spiro atoms. The Balaban J connectivity index is 1.62. The zero-order valence-electron chi connectivity index (χ0n) is 21.4. The second-order valence-corrected chi connectivity index (χ2v) is 9.83. The van der Waals surface area contributed by atoms with E-state index in [9.17, 15) is 14.4 Å². The fourth-order valence-corrected chi connectivity index (χ4v) is 4.88.